The normalized spacial score (nSPS) is 19.2. The summed E-state index contributed by atoms with van der Waals surface area (Å²) in [6, 6.07) is -0.293. The SMILES string of the molecule is C[S+]([O-])CCC(CSSCC1(C(=O)NC(C(=O)O)(C(C(=O)O)C(C)(C)C)C(C)(C)C)CCCC1)NC(=O)OC(C)(C)C. The second kappa shape index (κ2) is 15.1. The van der Waals surface area contributed by atoms with Gasteiger partial charge in [-0.3, -0.25) is 9.59 Å². The van der Waals surface area contributed by atoms with Gasteiger partial charge < -0.3 is 30.1 Å². The van der Waals surface area contributed by atoms with Gasteiger partial charge in [-0.2, -0.15) is 0 Å². The minimum Gasteiger partial charge on any atom is -0.617 e. The number of hydrogen-bond acceptors (Lipinski definition) is 8. The Hall–Kier alpha value is -1.31. The smallest absolute Gasteiger partial charge is 0.407 e. The third kappa shape index (κ3) is 10.7. The van der Waals surface area contributed by atoms with Crippen LogP contribution in [-0.2, 0) is 30.3 Å². The highest BCUT2D eigenvalue weighted by Crippen LogP contribution is 2.48. The van der Waals surface area contributed by atoms with E-state index in [-0.39, 0.29) is 6.04 Å². The first kappa shape index (κ1) is 38.7. The van der Waals surface area contributed by atoms with Gasteiger partial charge in [-0.1, -0.05) is 87.1 Å². The molecule has 1 fully saturated rings. The van der Waals surface area contributed by atoms with Crippen molar-refractivity contribution < 1.29 is 38.7 Å². The lowest BCUT2D eigenvalue weighted by atomic mass is 9.58. The average molecular weight is 653 g/mol. The molecule has 1 aliphatic carbocycles. The van der Waals surface area contributed by atoms with Crippen LogP contribution in [0.15, 0.2) is 0 Å². The van der Waals surface area contributed by atoms with E-state index in [0.29, 0.717) is 36.5 Å². The van der Waals surface area contributed by atoms with E-state index in [1.807, 2.05) is 0 Å². The lowest BCUT2D eigenvalue weighted by Crippen LogP contribution is -2.72. The number of carbonyl (C=O) groups is 4. The Labute approximate surface area is 262 Å². The maximum Gasteiger partial charge on any atom is 0.407 e. The van der Waals surface area contributed by atoms with Gasteiger partial charge in [0.2, 0.25) is 5.91 Å². The predicted molar refractivity (Wildman–Crippen MR) is 171 cm³/mol. The Bertz CT molecular complexity index is 950. The Kier molecular flexibility index (Phi) is 13.9. The van der Waals surface area contributed by atoms with Gasteiger partial charge in [0, 0.05) is 24.0 Å². The van der Waals surface area contributed by atoms with Gasteiger partial charge in [0.15, 0.2) is 5.54 Å². The molecular weight excluding hydrogens is 601 g/mol. The molecule has 0 aromatic carbocycles. The molecule has 4 unspecified atom stereocenters. The van der Waals surface area contributed by atoms with Crippen LogP contribution < -0.4 is 10.6 Å². The van der Waals surface area contributed by atoms with Crippen LogP contribution in [0, 0.1) is 22.2 Å². The summed E-state index contributed by atoms with van der Waals surface area (Å²) in [5.41, 5.74) is -5.65. The number of ether oxygens (including phenoxy) is 1. The fraction of sp³-hybridized carbons (Fsp3) is 0.862. The predicted octanol–water partition coefficient (Wildman–Crippen LogP) is 5.32. The summed E-state index contributed by atoms with van der Waals surface area (Å²) in [5, 5.41) is 26.5. The third-order valence-electron chi connectivity index (χ3n) is 7.58. The van der Waals surface area contributed by atoms with Gasteiger partial charge in [-0.05, 0) is 44.4 Å². The fourth-order valence-corrected chi connectivity index (χ4v) is 9.02. The van der Waals surface area contributed by atoms with Crippen molar-refractivity contribution in [2.75, 3.05) is 23.5 Å². The molecule has 0 bridgehead atoms. The van der Waals surface area contributed by atoms with Gasteiger partial charge in [-0.25, -0.2) is 9.59 Å². The standard InChI is InChI=1S/C29H52N2O8S3/c1-25(2,3)20(21(32)33)29(23(35)36,26(4,5)6)31-22(34)28(14-11-12-15-28)18-41-40-17-19(13-16-42(10)38)30-24(37)39-27(7,8)9/h19-20H,11-18H2,1-10H3,(H,30,37)(H,31,34)(H,32,33)(H,35,36). The van der Waals surface area contributed by atoms with Crippen LogP contribution in [0.2, 0.25) is 0 Å². The quantitative estimate of drug-likeness (QED) is 0.110. The van der Waals surface area contributed by atoms with E-state index in [2.05, 4.69) is 10.6 Å². The summed E-state index contributed by atoms with van der Waals surface area (Å²) in [5.74, 6) is -3.17. The Balaban J connectivity index is 3.17. The first-order valence-electron chi connectivity index (χ1n) is 14.3. The molecule has 0 aliphatic heterocycles. The number of hydrogen-bond donors (Lipinski definition) is 4. The molecule has 0 radical (unpaired) electrons. The number of rotatable bonds is 14. The molecule has 1 aliphatic rings. The molecule has 0 spiro atoms. The first-order valence-corrected chi connectivity index (χ1v) is 18.5. The highest BCUT2D eigenvalue weighted by molar-refractivity contribution is 8.76. The summed E-state index contributed by atoms with van der Waals surface area (Å²) >= 11 is -1.03. The number of aliphatic carboxylic acids is 2. The van der Waals surface area contributed by atoms with E-state index in [4.69, 9.17) is 4.74 Å². The average Bonchev–Trinajstić information content (AvgIpc) is 3.26. The van der Waals surface area contributed by atoms with Crippen LogP contribution in [0.5, 0.6) is 0 Å². The maximum atomic E-state index is 14.1. The molecule has 4 atom stereocenters. The number of carboxylic acid groups (broad SMARTS) is 2. The van der Waals surface area contributed by atoms with Crippen molar-refractivity contribution >= 4 is 56.7 Å². The van der Waals surface area contributed by atoms with Crippen molar-refractivity contribution in [3.05, 3.63) is 0 Å². The zero-order valence-electron chi connectivity index (χ0n) is 26.9. The number of amides is 2. The second-order valence-electron chi connectivity index (χ2n) is 14.4. The largest absolute Gasteiger partial charge is 0.617 e. The van der Waals surface area contributed by atoms with Crippen molar-refractivity contribution in [3.8, 4) is 0 Å². The molecule has 0 heterocycles. The molecule has 1 saturated carbocycles. The molecule has 0 aromatic rings. The fourth-order valence-electron chi connectivity index (χ4n) is 5.46. The van der Waals surface area contributed by atoms with Crippen LogP contribution in [0.25, 0.3) is 0 Å². The van der Waals surface area contributed by atoms with Gasteiger partial charge in [0.1, 0.15) is 11.4 Å². The number of carbonyl (C=O) groups excluding carboxylic acids is 2. The first-order chi connectivity index (χ1) is 19.0. The number of nitrogens with one attached hydrogen (secondary N) is 2. The number of alkyl carbamates (subject to hydrolysis) is 1. The maximum absolute atomic E-state index is 14.1. The Morgan fingerprint density at radius 2 is 1.52 bits per heavy atom. The Morgan fingerprint density at radius 3 is 1.93 bits per heavy atom. The van der Waals surface area contributed by atoms with E-state index < -0.39 is 68.4 Å². The highest BCUT2D eigenvalue weighted by Gasteiger charge is 2.63. The van der Waals surface area contributed by atoms with Crippen LogP contribution in [-0.4, -0.2) is 79.4 Å². The van der Waals surface area contributed by atoms with Crippen LogP contribution in [0.4, 0.5) is 4.79 Å². The highest BCUT2D eigenvalue weighted by atomic mass is 33.1. The lowest BCUT2D eigenvalue weighted by molar-refractivity contribution is -0.173. The van der Waals surface area contributed by atoms with Gasteiger partial charge in [0.25, 0.3) is 0 Å². The molecule has 244 valence electrons. The third-order valence-corrected chi connectivity index (χ3v) is 11.0. The monoisotopic (exact) mass is 652 g/mol. The molecule has 0 aromatic heterocycles. The van der Waals surface area contributed by atoms with Gasteiger partial charge in [0.05, 0.1) is 17.6 Å². The molecule has 42 heavy (non-hydrogen) atoms. The molecule has 2 amide bonds. The summed E-state index contributed by atoms with van der Waals surface area (Å²) in [6.45, 7) is 15.3. The van der Waals surface area contributed by atoms with Crippen LogP contribution in [0.1, 0.15) is 94.4 Å². The molecule has 1 rings (SSSR count). The molecular formula is C29H52N2O8S3. The topological polar surface area (TPSA) is 165 Å². The van der Waals surface area contributed by atoms with E-state index >= 15 is 0 Å². The van der Waals surface area contributed by atoms with Crippen LogP contribution in [0.3, 0.4) is 0 Å². The second-order valence-corrected chi connectivity index (χ2v) is 18.5. The Morgan fingerprint density at radius 1 is 0.976 bits per heavy atom. The number of carboxylic acids is 2. The van der Waals surface area contributed by atoms with Gasteiger partial charge >= 0.3 is 18.0 Å². The lowest BCUT2D eigenvalue weighted by Gasteiger charge is -2.50. The molecule has 4 N–H and O–H groups in total. The van der Waals surface area contributed by atoms with Crippen molar-refractivity contribution in [1.29, 1.82) is 0 Å². The minimum absolute atomic E-state index is 0.293. The zero-order chi connectivity index (χ0) is 32.7. The van der Waals surface area contributed by atoms with E-state index in [1.165, 1.54) is 21.6 Å². The summed E-state index contributed by atoms with van der Waals surface area (Å²) in [6.07, 6.45) is 4.30. The minimum atomic E-state index is -2.06. The summed E-state index contributed by atoms with van der Waals surface area (Å²) < 4.78 is 17.1. The van der Waals surface area contributed by atoms with Crippen LogP contribution >= 0.6 is 21.6 Å². The van der Waals surface area contributed by atoms with E-state index in [1.54, 1.807) is 68.6 Å². The van der Waals surface area contributed by atoms with Crippen molar-refractivity contribution in [2.45, 2.75) is 112 Å². The van der Waals surface area contributed by atoms with Crippen molar-refractivity contribution in [1.82, 2.24) is 10.6 Å². The van der Waals surface area contributed by atoms with E-state index in [0.717, 1.165) is 12.8 Å². The molecule has 0 saturated heterocycles. The van der Waals surface area contributed by atoms with Gasteiger partial charge in [-0.15, -0.1) is 0 Å². The van der Waals surface area contributed by atoms with Crippen molar-refractivity contribution in [2.24, 2.45) is 22.2 Å². The zero-order valence-corrected chi connectivity index (χ0v) is 29.3. The van der Waals surface area contributed by atoms with Crippen molar-refractivity contribution in [3.63, 3.8) is 0 Å². The summed E-state index contributed by atoms with van der Waals surface area (Å²) in [7, 11) is 2.94. The molecule has 10 nitrogen and oxygen atoms in total. The summed E-state index contributed by atoms with van der Waals surface area (Å²) in [4.78, 5) is 52.0. The van der Waals surface area contributed by atoms with E-state index in [9.17, 15) is 33.9 Å². The molecule has 13 heteroatoms.